The minimum atomic E-state index is -0.282. The van der Waals surface area contributed by atoms with E-state index in [1.165, 1.54) is 0 Å². The summed E-state index contributed by atoms with van der Waals surface area (Å²) in [4.78, 5) is 22.6. The van der Waals surface area contributed by atoms with Gasteiger partial charge in [0, 0.05) is 0 Å². The summed E-state index contributed by atoms with van der Waals surface area (Å²) >= 11 is 0. The van der Waals surface area contributed by atoms with Gasteiger partial charge in [0.15, 0.2) is 0 Å². The molecule has 0 bridgehead atoms. The second kappa shape index (κ2) is 2.94. The molecule has 3 nitrogen and oxygen atoms in total. The highest BCUT2D eigenvalue weighted by Crippen LogP contribution is 2.20. The molecule has 3 heteroatoms. The van der Waals surface area contributed by atoms with Crippen LogP contribution >= 0.6 is 0 Å². The summed E-state index contributed by atoms with van der Waals surface area (Å²) in [7, 11) is 0. The van der Waals surface area contributed by atoms with Gasteiger partial charge in [0.25, 0.3) is 11.8 Å². The number of nitrogens with one attached hydrogen (secondary N) is 1. The monoisotopic (exact) mass is 189 g/mol. The molecule has 0 saturated carbocycles. The molecule has 0 aromatic heterocycles. The molecular formula is C11H11NO2. The van der Waals surface area contributed by atoms with Crippen LogP contribution in [0.2, 0.25) is 0 Å². The third-order valence-corrected chi connectivity index (χ3v) is 2.57. The van der Waals surface area contributed by atoms with Gasteiger partial charge in [-0.3, -0.25) is 14.9 Å². The summed E-state index contributed by atoms with van der Waals surface area (Å²) in [5.41, 5.74) is 3.20. The second-order valence-corrected chi connectivity index (χ2v) is 3.46. The van der Waals surface area contributed by atoms with Gasteiger partial charge in [-0.15, -0.1) is 0 Å². The molecule has 1 aliphatic rings. The van der Waals surface area contributed by atoms with Gasteiger partial charge in [-0.05, 0) is 36.6 Å². The van der Waals surface area contributed by atoms with Crippen molar-refractivity contribution in [3.05, 3.63) is 34.4 Å². The van der Waals surface area contributed by atoms with Gasteiger partial charge >= 0.3 is 0 Å². The van der Waals surface area contributed by atoms with Crippen molar-refractivity contribution in [3.8, 4) is 0 Å². The van der Waals surface area contributed by atoms with Crippen LogP contribution in [-0.2, 0) is 6.42 Å². The first kappa shape index (κ1) is 8.94. The van der Waals surface area contributed by atoms with Crippen LogP contribution in [-0.4, -0.2) is 11.8 Å². The Kier molecular flexibility index (Phi) is 1.88. The number of hydrogen-bond donors (Lipinski definition) is 1. The van der Waals surface area contributed by atoms with Gasteiger partial charge < -0.3 is 0 Å². The predicted molar refractivity (Wildman–Crippen MR) is 52.4 cm³/mol. The maximum absolute atomic E-state index is 11.3. The van der Waals surface area contributed by atoms with Crippen molar-refractivity contribution in [1.82, 2.24) is 5.32 Å². The first-order valence-corrected chi connectivity index (χ1v) is 4.62. The zero-order chi connectivity index (χ0) is 10.3. The number of carbonyl (C=O) groups excluding carboxylic acids is 2. The van der Waals surface area contributed by atoms with Crippen molar-refractivity contribution in [2.45, 2.75) is 20.3 Å². The van der Waals surface area contributed by atoms with E-state index in [1.54, 1.807) is 6.07 Å². The van der Waals surface area contributed by atoms with E-state index in [4.69, 9.17) is 0 Å². The number of rotatable bonds is 1. The summed E-state index contributed by atoms with van der Waals surface area (Å²) < 4.78 is 0. The molecule has 0 atom stereocenters. The van der Waals surface area contributed by atoms with Crippen molar-refractivity contribution in [2.24, 2.45) is 0 Å². The van der Waals surface area contributed by atoms with E-state index in [0.29, 0.717) is 11.1 Å². The molecular weight excluding hydrogens is 178 g/mol. The fourth-order valence-electron chi connectivity index (χ4n) is 1.75. The predicted octanol–water partition coefficient (Wildman–Crippen LogP) is 1.44. The largest absolute Gasteiger partial charge is 0.288 e. The molecule has 0 spiro atoms. The smallest absolute Gasteiger partial charge is 0.258 e. The zero-order valence-electron chi connectivity index (χ0n) is 8.18. The van der Waals surface area contributed by atoms with Crippen molar-refractivity contribution < 1.29 is 9.59 Å². The van der Waals surface area contributed by atoms with Crippen molar-refractivity contribution in [3.63, 3.8) is 0 Å². The highest BCUT2D eigenvalue weighted by atomic mass is 16.2. The molecule has 0 aliphatic carbocycles. The Morgan fingerprint density at radius 3 is 2.29 bits per heavy atom. The lowest BCUT2D eigenvalue weighted by Crippen LogP contribution is -2.19. The molecule has 1 aromatic rings. The van der Waals surface area contributed by atoms with E-state index in [0.717, 1.165) is 17.5 Å². The zero-order valence-corrected chi connectivity index (χ0v) is 8.18. The highest BCUT2D eigenvalue weighted by molar-refractivity contribution is 6.21. The highest BCUT2D eigenvalue weighted by Gasteiger charge is 2.27. The molecule has 1 aliphatic heterocycles. The lowest BCUT2D eigenvalue weighted by molar-refractivity contribution is 0.0879. The molecule has 0 unspecified atom stereocenters. The normalized spacial score (nSPS) is 14.1. The van der Waals surface area contributed by atoms with E-state index in [2.05, 4.69) is 5.32 Å². The van der Waals surface area contributed by atoms with Gasteiger partial charge in [-0.25, -0.2) is 0 Å². The minimum absolute atomic E-state index is 0.278. The standard InChI is InChI=1S/C11H11NO2/c1-3-7-5-9-8(4-6(7)2)10(13)12-11(9)14/h4-5H,3H2,1-2H3,(H,12,13,14). The minimum Gasteiger partial charge on any atom is -0.288 e. The molecule has 14 heavy (non-hydrogen) atoms. The van der Waals surface area contributed by atoms with Crippen LogP contribution in [0.3, 0.4) is 0 Å². The number of aryl methyl sites for hydroxylation is 2. The third kappa shape index (κ3) is 1.13. The molecule has 0 fully saturated rings. The fraction of sp³-hybridized carbons (Fsp3) is 0.273. The van der Waals surface area contributed by atoms with Gasteiger partial charge in [-0.1, -0.05) is 6.92 Å². The number of carbonyl (C=O) groups is 2. The van der Waals surface area contributed by atoms with E-state index in [1.807, 2.05) is 19.9 Å². The van der Waals surface area contributed by atoms with Crippen LogP contribution in [0, 0.1) is 6.92 Å². The van der Waals surface area contributed by atoms with Gasteiger partial charge in [-0.2, -0.15) is 0 Å². The van der Waals surface area contributed by atoms with Crippen LogP contribution < -0.4 is 5.32 Å². The fourth-order valence-corrected chi connectivity index (χ4v) is 1.75. The Hall–Kier alpha value is -1.64. The SMILES string of the molecule is CCc1cc2c(cc1C)C(=O)NC2=O. The Balaban J connectivity index is 2.65. The van der Waals surface area contributed by atoms with Crippen LogP contribution in [0.25, 0.3) is 0 Å². The maximum atomic E-state index is 11.3. The number of benzene rings is 1. The first-order chi connectivity index (χ1) is 6.63. The summed E-state index contributed by atoms with van der Waals surface area (Å²) in [5, 5.41) is 2.28. The van der Waals surface area contributed by atoms with E-state index in [-0.39, 0.29) is 11.8 Å². The Morgan fingerprint density at radius 1 is 1.14 bits per heavy atom. The van der Waals surface area contributed by atoms with E-state index in [9.17, 15) is 9.59 Å². The molecule has 1 N–H and O–H groups in total. The Morgan fingerprint density at radius 2 is 1.71 bits per heavy atom. The quantitative estimate of drug-likeness (QED) is 0.679. The molecule has 0 saturated heterocycles. The Labute approximate surface area is 82.1 Å². The first-order valence-electron chi connectivity index (χ1n) is 4.62. The number of hydrogen-bond acceptors (Lipinski definition) is 2. The van der Waals surface area contributed by atoms with Gasteiger partial charge in [0.1, 0.15) is 0 Å². The summed E-state index contributed by atoms with van der Waals surface area (Å²) in [6.45, 7) is 3.98. The summed E-state index contributed by atoms with van der Waals surface area (Å²) in [6.07, 6.45) is 0.876. The molecule has 2 amide bonds. The average Bonchev–Trinajstić information content (AvgIpc) is 2.41. The van der Waals surface area contributed by atoms with Gasteiger partial charge in [0.05, 0.1) is 11.1 Å². The molecule has 72 valence electrons. The average molecular weight is 189 g/mol. The molecule has 1 heterocycles. The second-order valence-electron chi connectivity index (χ2n) is 3.46. The number of imide groups is 1. The molecule has 2 rings (SSSR count). The van der Waals surface area contributed by atoms with Crippen molar-refractivity contribution >= 4 is 11.8 Å². The van der Waals surface area contributed by atoms with Crippen LogP contribution in [0.5, 0.6) is 0 Å². The lowest BCUT2D eigenvalue weighted by atomic mass is 9.99. The van der Waals surface area contributed by atoms with E-state index < -0.39 is 0 Å². The summed E-state index contributed by atoms with van der Waals surface area (Å²) in [5.74, 6) is -0.560. The molecule has 1 aromatic carbocycles. The van der Waals surface area contributed by atoms with Crippen molar-refractivity contribution in [2.75, 3.05) is 0 Å². The van der Waals surface area contributed by atoms with Crippen molar-refractivity contribution in [1.29, 1.82) is 0 Å². The maximum Gasteiger partial charge on any atom is 0.258 e. The number of fused-ring (bicyclic) bond motifs is 1. The lowest BCUT2D eigenvalue weighted by Gasteiger charge is -2.04. The molecule has 0 radical (unpaired) electrons. The van der Waals surface area contributed by atoms with Crippen LogP contribution in [0.15, 0.2) is 12.1 Å². The van der Waals surface area contributed by atoms with E-state index >= 15 is 0 Å². The van der Waals surface area contributed by atoms with Crippen LogP contribution in [0.1, 0.15) is 38.8 Å². The number of amides is 2. The van der Waals surface area contributed by atoms with Gasteiger partial charge in [0.2, 0.25) is 0 Å². The third-order valence-electron chi connectivity index (χ3n) is 2.57. The summed E-state index contributed by atoms with van der Waals surface area (Å²) in [6, 6.07) is 3.60. The topological polar surface area (TPSA) is 46.2 Å². The Bertz CT molecular complexity index is 435. The van der Waals surface area contributed by atoms with Crippen LogP contribution in [0.4, 0.5) is 0 Å².